The topological polar surface area (TPSA) is 181 Å². The lowest BCUT2D eigenvalue weighted by atomic mass is 9.95. The average Bonchev–Trinajstić information content (AvgIpc) is 1.55. The Morgan fingerprint density at radius 3 is 1.17 bits per heavy atom. The van der Waals surface area contributed by atoms with Crippen LogP contribution in [0, 0.1) is 0 Å². The van der Waals surface area contributed by atoms with Gasteiger partial charge in [0.2, 0.25) is 0 Å². The maximum absolute atomic E-state index is 7.55. The van der Waals surface area contributed by atoms with Crippen molar-refractivity contribution in [2.24, 2.45) is 0 Å². The van der Waals surface area contributed by atoms with Crippen LogP contribution in [0.15, 0.2) is 333 Å². The first-order valence-corrected chi connectivity index (χ1v) is 39.0. The summed E-state index contributed by atoms with van der Waals surface area (Å²) in [7, 11) is 0. The summed E-state index contributed by atoms with van der Waals surface area (Å²) in [4.78, 5) is 54.6. The van der Waals surface area contributed by atoms with Crippen LogP contribution in [0.2, 0.25) is 0 Å². The van der Waals surface area contributed by atoms with Gasteiger partial charge < -0.3 is 17.7 Å². The highest BCUT2D eigenvalue weighted by atomic mass is 32.1. The first-order valence-electron chi connectivity index (χ1n) is 37.4. The molecule has 14 aromatic carbocycles. The van der Waals surface area contributed by atoms with Crippen LogP contribution in [0.4, 0.5) is 0 Å². The fourth-order valence-corrected chi connectivity index (χ4v) is 18.8. The molecule has 24 rings (SSSR count). The van der Waals surface area contributed by atoms with Crippen molar-refractivity contribution in [3.8, 4) is 125 Å². The highest BCUT2D eigenvalue weighted by Gasteiger charge is 2.29. The normalized spacial score (nSPS) is 12.0. The number of aromatic nitrogens is 10. The third-order valence-electron chi connectivity index (χ3n) is 21.6. The summed E-state index contributed by atoms with van der Waals surface area (Å²) in [5.74, 6) is 3.88. The Kier molecular flexibility index (Phi) is 14.1. The molecule has 0 spiro atoms. The SMILES string of the molecule is c1ccc(-c2nc(-c3cc(-c4cc(-c5nc(-c6ccccc6)nc(-c6cccc7sc8ccccc8c67)n5)c5c(c4)oc4c(-c6nc(-c7ccccc7)c7oc8ccccc8c7n6)cccc45)c4sc5ccccc5c4c3)nc(-c3cccc4oc5c(-c6nc(-c7ccccc7)c7oc8ccccc8c7n6)cccc5c34)n2)cc1. The van der Waals surface area contributed by atoms with E-state index >= 15 is 0 Å². The Morgan fingerprint density at radius 1 is 0.193 bits per heavy atom. The summed E-state index contributed by atoms with van der Waals surface area (Å²) in [6.07, 6.45) is 0. The van der Waals surface area contributed by atoms with Crippen LogP contribution < -0.4 is 0 Å². The van der Waals surface area contributed by atoms with Gasteiger partial charge in [0.05, 0.1) is 11.1 Å². The lowest BCUT2D eigenvalue weighted by Gasteiger charge is -2.13. The lowest BCUT2D eigenvalue weighted by molar-refractivity contribution is 0.666. The quantitative estimate of drug-likeness (QED) is 0.119. The predicted molar refractivity (Wildman–Crippen MR) is 459 cm³/mol. The Labute approximate surface area is 654 Å². The summed E-state index contributed by atoms with van der Waals surface area (Å²) in [6, 6.07) is 107. The van der Waals surface area contributed by atoms with Crippen LogP contribution in [-0.4, -0.2) is 49.8 Å². The minimum absolute atomic E-state index is 0.452. The fraction of sp³-hybridized carbons (Fsp3) is 0. The smallest absolute Gasteiger partial charge is 0.180 e. The molecule has 10 heterocycles. The lowest BCUT2D eigenvalue weighted by Crippen LogP contribution is -2.01. The van der Waals surface area contributed by atoms with Crippen LogP contribution in [0.1, 0.15) is 0 Å². The zero-order valence-electron chi connectivity index (χ0n) is 59.9. The summed E-state index contributed by atoms with van der Waals surface area (Å²) in [5, 5.41) is 9.37. The van der Waals surface area contributed by atoms with Crippen LogP contribution in [0.3, 0.4) is 0 Å². The third-order valence-corrected chi connectivity index (χ3v) is 24.0. The molecule has 0 saturated carbocycles. The van der Waals surface area contributed by atoms with Gasteiger partial charge in [0.15, 0.2) is 57.8 Å². The zero-order valence-corrected chi connectivity index (χ0v) is 61.6. The van der Waals surface area contributed by atoms with Gasteiger partial charge in [-0.2, -0.15) is 0 Å². The maximum Gasteiger partial charge on any atom is 0.180 e. The van der Waals surface area contributed by atoms with Crippen LogP contribution in [-0.2, 0) is 0 Å². The number of fused-ring (bicyclic) bond motifs is 18. The van der Waals surface area contributed by atoms with E-state index in [1.54, 1.807) is 22.7 Å². The molecule has 530 valence electrons. The first kappa shape index (κ1) is 63.8. The highest BCUT2D eigenvalue weighted by molar-refractivity contribution is 7.26. The molecule has 14 nitrogen and oxygen atoms in total. The van der Waals surface area contributed by atoms with Crippen LogP contribution in [0.25, 0.3) is 253 Å². The number of para-hydroxylation sites is 4. The molecule has 0 unspecified atom stereocenters. The van der Waals surface area contributed by atoms with E-state index in [4.69, 9.17) is 67.5 Å². The van der Waals surface area contributed by atoms with Crippen molar-refractivity contribution in [2.45, 2.75) is 0 Å². The maximum atomic E-state index is 7.55. The third kappa shape index (κ3) is 10.1. The molecule has 0 bridgehead atoms. The van der Waals surface area contributed by atoms with E-state index in [2.05, 4.69) is 140 Å². The number of hydrogen-bond donors (Lipinski definition) is 0. The summed E-state index contributed by atoms with van der Waals surface area (Å²) in [6.45, 7) is 0. The molecule has 0 saturated heterocycles. The van der Waals surface area contributed by atoms with Crippen molar-refractivity contribution in [2.75, 3.05) is 0 Å². The Hall–Kier alpha value is -15.1. The highest BCUT2D eigenvalue weighted by Crippen LogP contribution is 2.50. The summed E-state index contributed by atoms with van der Waals surface area (Å²) >= 11 is 3.49. The van der Waals surface area contributed by atoms with Gasteiger partial charge in [0, 0.05) is 123 Å². The van der Waals surface area contributed by atoms with E-state index < -0.39 is 0 Å². The number of thiophene rings is 2. The summed E-state index contributed by atoms with van der Waals surface area (Å²) < 4.78 is 32.2. The molecule has 0 N–H and O–H groups in total. The van der Waals surface area contributed by atoms with E-state index in [9.17, 15) is 0 Å². The molecule has 0 aliphatic rings. The predicted octanol–water partition coefficient (Wildman–Crippen LogP) is 26.3. The zero-order chi connectivity index (χ0) is 74.6. The number of rotatable bonds is 11. The van der Waals surface area contributed by atoms with E-state index in [-0.39, 0.29) is 0 Å². The first-order chi connectivity index (χ1) is 56.5. The van der Waals surface area contributed by atoms with E-state index in [1.165, 1.54) is 4.70 Å². The van der Waals surface area contributed by atoms with Crippen molar-refractivity contribution in [3.05, 3.63) is 315 Å². The number of hydrogen-bond acceptors (Lipinski definition) is 16. The molecular weight excluding hydrogens is 1450 g/mol. The Balaban J connectivity index is 0.746. The second-order valence-electron chi connectivity index (χ2n) is 28.3. The average molecular weight is 1500 g/mol. The van der Waals surface area contributed by atoms with Crippen molar-refractivity contribution in [3.63, 3.8) is 0 Å². The molecule has 0 atom stereocenters. The molecule has 24 aromatic rings. The van der Waals surface area contributed by atoms with Gasteiger partial charge in [-0.15, -0.1) is 22.7 Å². The van der Waals surface area contributed by atoms with Gasteiger partial charge in [-0.25, -0.2) is 49.8 Å². The molecule has 114 heavy (non-hydrogen) atoms. The second kappa shape index (κ2) is 25.2. The van der Waals surface area contributed by atoms with Crippen molar-refractivity contribution in [1.82, 2.24) is 49.8 Å². The molecule has 0 radical (unpaired) electrons. The molecule has 0 aliphatic heterocycles. The Morgan fingerprint density at radius 2 is 0.579 bits per heavy atom. The van der Waals surface area contributed by atoms with Crippen molar-refractivity contribution in [1.29, 1.82) is 0 Å². The second-order valence-corrected chi connectivity index (χ2v) is 30.5. The molecule has 10 aromatic heterocycles. The number of furan rings is 4. The molecule has 16 heteroatoms. The van der Waals surface area contributed by atoms with Gasteiger partial charge in [-0.1, -0.05) is 231 Å². The molecule has 0 amide bonds. The Bertz CT molecular complexity index is 8140. The minimum atomic E-state index is 0.452. The van der Waals surface area contributed by atoms with E-state index in [0.29, 0.717) is 114 Å². The largest absolute Gasteiger partial charge is 0.455 e. The van der Waals surface area contributed by atoms with Gasteiger partial charge in [-0.05, 0) is 90.5 Å². The number of benzene rings is 14. The van der Waals surface area contributed by atoms with Crippen LogP contribution in [0.5, 0.6) is 0 Å². The number of nitrogens with zero attached hydrogens (tertiary/aromatic N) is 10. The van der Waals surface area contributed by atoms with Gasteiger partial charge in [0.1, 0.15) is 55.9 Å². The van der Waals surface area contributed by atoms with E-state index in [1.807, 2.05) is 176 Å². The van der Waals surface area contributed by atoms with Crippen molar-refractivity contribution < 1.29 is 17.7 Å². The van der Waals surface area contributed by atoms with Gasteiger partial charge in [0.25, 0.3) is 0 Å². The molecule has 0 aliphatic carbocycles. The fourth-order valence-electron chi connectivity index (χ4n) is 16.5. The molecule has 0 fully saturated rings. The van der Waals surface area contributed by atoms with Crippen LogP contribution >= 0.6 is 22.7 Å². The van der Waals surface area contributed by atoms with Gasteiger partial charge >= 0.3 is 0 Å². The summed E-state index contributed by atoms with van der Waals surface area (Å²) in [5.41, 5.74) is 17.6. The monoisotopic (exact) mass is 1500 g/mol. The van der Waals surface area contributed by atoms with Crippen molar-refractivity contribution >= 4 is 151 Å². The minimum Gasteiger partial charge on any atom is -0.455 e. The van der Waals surface area contributed by atoms with E-state index in [0.717, 1.165) is 135 Å². The van der Waals surface area contributed by atoms with Gasteiger partial charge in [-0.3, -0.25) is 0 Å². The standard InChI is InChI=1S/C98H52N10O4S2/c1-5-25-53(26-6-1)82-88-84(60-34-13-17-43-72(60)109-88)101-96(99-82)67-41-21-37-63-79-65(39-23-45-74(79)111-86(63)67)94-104-91(55-29-9-3-10-30-55)103-93(107-94)58-50-69(90-70(51-58)59-33-15-19-46-76(59)114-90)57-49-71(98-106-92(56-31-11-4-12-32-56)105-95(108-98)66-40-24-48-78-81(66)62-36-16-20-47-77(62)113-78)80-64-38-22-42-68(87(64)112-75(80)52-57)97-100-83(54-27-7-2-8-28-54)89-85(102-97)61-35-14-18-44-73(61)110-89/h1-52H. The molecular formula is C98H52N10O4S2.